The third-order valence-electron chi connectivity index (χ3n) is 3.55. The summed E-state index contributed by atoms with van der Waals surface area (Å²) in [7, 11) is 2.04. The summed E-state index contributed by atoms with van der Waals surface area (Å²) in [4.78, 5) is 0. The van der Waals surface area contributed by atoms with E-state index in [-0.39, 0.29) is 0 Å². The van der Waals surface area contributed by atoms with Crippen molar-refractivity contribution in [3.05, 3.63) is 38.3 Å². The summed E-state index contributed by atoms with van der Waals surface area (Å²) in [5, 5.41) is 10.2. The zero-order chi connectivity index (χ0) is 12.5. The van der Waals surface area contributed by atoms with E-state index >= 15 is 0 Å². The zero-order valence-corrected chi connectivity index (χ0v) is 12.7. The molecule has 2 aromatic heterocycles. The Bertz CT molecular complexity index is 546. The van der Waals surface area contributed by atoms with Crippen molar-refractivity contribution in [1.29, 1.82) is 0 Å². The second-order valence-electron chi connectivity index (χ2n) is 4.75. The number of hydrogen-bond donors (Lipinski definition) is 1. The molecule has 0 bridgehead atoms. The minimum absolute atomic E-state index is 0.459. The van der Waals surface area contributed by atoms with E-state index in [0.29, 0.717) is 6.04 Å². The molecule has 0 spiro atoms. The molecule has 0 saturated carbocycles. The molecule has 0 aromatic carbocycles. The molecule has 2 aromatic rings. The number of halogens is 1. The van der Waals surface area contributed by atoms with Gasteiger partial charge in [0.05, 0.1) is 9.98 Å². The summed E-state index contributed by atoms with van der Waals surface area (Å²) in [6, 6.07) is 2.64. The van der Waals surface area contributed by atoms with Crippen LogP contribution in [-0.4, -0.2) is 9.78 Å². The van der Waals surface area contributed by atoms with Gasteiger partial charge in [-0.25, -0.2) is 0 Å². The van der Waals surface area contributed by atoms with Crippen molar-refractivity contribution in [3.8, 4) is 0 Å². The lowest BCUT2D eigenvalue weighted by Crippen LogP contribution is -2.24. The average molecular weight is 326 g/mol. The predicted octanol–water partition coefficient (Wildman–Crippen LogP) is 3.41. The molecule has 0 aliphatic heterocycles. The Morgan fingerprint density at radius 2 is 2.50 bits per heavy atom. The average Bonchev–Trinajstić information content (AvgIpc) is 2.94. The predicted molar refractivity (Wildman–Crippen MR) is 77.7 cm³/mol. The van der Waals surface area contributed by atoms with Crippen LogP contribution in [0.1, 0.15) is 35.7 Å². The lowest BCUT2D eigenvalue weighted by Gasteiger charge is -2.23. The second kappa shape index (κ2) is 5.15. The number of nitrogens with zero attached hydrogens (tertiary/aromatic N) is 2. The molecule has 1 aliphatic carbocycles. The van der Waals surface area contributed by atoms with Crippen molar-refractivity contribution in [2.24, 2.45) is 7.05 Å². The third-order valence-corrected chi connectivity index (χ3v) is 5.10. The Hall–Kier alpha value is -0.650. The fourth-order valence-corrected chi connectivity index (χ4v) is 3.81. The van der Waals surface area contributed by atoms with Gasteiger partial charge in [-0.05, 0) is 52.2 Å². The SMILES string of the molecule is Cn1ncc2c1CCC[C@H]2NCc1csc(Br)c1. The summed E-state index contributed by atoms with van der Waals surface area (Å²) < 4.78 is 3.22. The number of aromatic nitrogens is 2. The van der Waals surface area contributed by atoms with Crippen molar-refractivity contribution in [2.45, 2.75) is 31.8 Å². The molecular weight excluding hydrogens is 310 g/mol. The molecule has 18 heavy (non-hydrogen) atoms. The Morgan fingerprint density at radius 3 is 3.28 bits per heavy atom. The number of fused-ring (bicyclic) bond motifs is 1. The van der Waals surface area contributed by atoms with Crippen LogP contribution in [0.3, 0.4) is 0 Å². The smallest absolute Gasteiger partial charge is 0.0701 e. The maximum Gasteiger partial charge on any atom is 0.0701 e. The maximum atomic E-state index is 4.38. The fraction of sp³-hybridized carbons (Fsp3) is 0.462. The van der Waals surface area contributed by atoms with Crippen LogP contribution in [-0.2, 0) is 20.0 Å². The first kappa shape index (κ1) is 12.4. The number of thiophene rings is 1. The molecule has 0 fully saturated rings. The molecule has 0 saturated heterocycles. The number of nitrogens with one attached hydrogen (secondary N) is 1. The van der Waals surface area contributed by atoms with Crippen molar-refractivity contribution in [1.82, 2.24) is 15.1 Å². The molecule has 0 unspecified atom stereocenters. The Balaban J connectivity index is 1.71. The molecule has 0 radical (unpaired) electrons. The van der Waals surface area contributed by atoms with Crippen LogP contribution >= 0.6 is 27.3 Å². The monoisotopic (exact) mass is 325 g/mol. The van der Waals surface area contributed by atoms with Crippen LogP contribution in [0, 0.1) is 0 Å². The summed E-state index contributed by atoms with van der Waals surface area (Å²) in [6.45, 7) is 0.932. The van der Waals surface area contributed by atoms with E-state index in [1.54, 1.807) is 11.3 Å². The minimum atomic E-state index is 0.459. The Labute approximate surface area is 119 Å². The highest BCUT2D eigenvalue weighted by molar-refractivity contribution is 9.11. The van der Waals surface area contributed by atoms with E-state index < -0.39 is 0 Å². The van der Waals surface area contributed by atoms with Gasteiger partial charge in [-0.3, -0.25) is 4.68 Å². The normalized spacial score (nSPS) is 18.9. The van der Waals surface area contributed by atoms with Gasteiger partial charge in [0.15, 0.2) is 0 Å². The number of aryl methyl sites for hydroxylation is 1. The van der Waals surface area contributed by atoms with Crippen LogP contribution < -0.4 is 5.32 Å². The fourth-order valence-electron chi connectivity index (χ4n) is 2.60. The lowest BCUT2D eigenvalue weighted by atomic mass is 9.93. The van der Waals surface area contributed by atoms with E-state index in [0.717, 1.165) is 13.0 Å². The van der Waals surface area contributed by atoms with Gasteiger partial charge in [0.25, 0.3) is 0 Å². The lowest BCUT2D eigenvalue weighted by molar-refractivity contribution is 0.452. The van der Waals surface area contributed by atoms with Crippen LogP contribution in [0.2, 0.25) is 0 Å². The molecule has 3 rings (SSSR count). The second-order valence-corrected chi connectivity index (χ2v) is 7.05. The van der Waals surface area contributed by atoms with Gasteiger partial charge in [-0.15, -0.1) is 11.3 Å². The molecule has 96 valence electrons. The summed E-state index contributed by atoms with van der Waals surface area (Å²) in [5.74, 6) is 0. The molecule has 1 atom stereocenters. The van der Waals surface area contributed by atoms with Crippen molar-refractivity contribution in [2.75, 3.05) is 0 Å². The first-order valence-electron chi connectivity index (χ1n) is 6.21. The highest BCUT2D eigenvalue weighted by atomic mass is 79.9. The van der Waals surface area contributed by atoms with E-state index in [4.69, 9.17) is 0 Å². The molecule has 5 heteroatoms. The summed E-state index contributed by atoms with van der Waals surface area (Å²) in [6.07, 6.45) is 5.64. The first-order valence-corrected chi connectivity index (χ1v) is 7.88. The van der Waals surface area contributed by atoms with E-state index in [1.165, 1.54) is 33.4 Å². The van der Waals surface area contributed by atoms with Gasteiger partial charge >= 0.3 is 0 Å². The first-order chi connectivity index (χ1) is 8.74. The molecule has 2 heterocycles. The van der Waals surface area contributed by atoms with E-state index in [2.05, 4.69) is 37.8 Å². The largest absolute Gasteiger partial charge is 0.306 e. The molecule has 1 aliphatic rings. The van der Waals surface area contributed by atoms with Crippen LogP contribution in [0.25, 0.3) is 0 Å². The van der Waals surface area contributed by atoms with Gasteiger partial charge < -0.3 is 5.32 Å². The molecular formula is C13H16BrN3S. The topological polar surface area (TPSA) is 29.9 Å². The van der Waals surface area contributed by atoms with Crippen molar-refractivity contribution in [3.63, 3.8) is 0 Å². The summed E-state index contributed by atoms with van der Waals surface area (Å²) in [5.41, 5.74) is 4.13. The van der Waals surface area contributed by atoms with Crippen molar-refractivity contribution < 1.29 is 0 Å². The van der Waals surface area contributed by atoms with Crippen molar-refractivity contribution >= 4 is 27.3 Å². The van der Waals surface area contributed by atoms with E-state index in [1.807, 2.05) is 17.9 Å². The Kier molecular flexibility index (Phi) is 3.54. The van der Waals surface area contributed by atoms with Gasteiger partial charge in [-0.1, -0.05) is 0 Å². The van der Waals surface area contributed by atoms with Gasteiger partial charge in [0.1, 0.15) is 0 Å². The molecule has 3 nitrogen and oxygen atoms in total. The van der Waals surface area contributed by atoms with Crippen LogP contribution in [0.15, 0.2) is 21.4 Å². The third kappa shape index (κ3) is 2.39. The van der Waals surface area contributed by atoms with Gasteiger partial charge in [0.2, 0.25) is 0 Å². The van der Waals surface area contributed by atoms with Crippen LogP contribution in [0.5, 0.6) is 0 Å². The highest BCUT2D eigenvalue weighted by Gasteiger charge is 2.22. The Morgan fingerprint density at radius 1 is 1.61 bits per heavy atom. The number of hydrogen-bond acceptors (Lipinski definition) is 3. The van der Waals surface area contributed by atoms with Gasteiger partial charge in [-0.2, -0.15) is 5.10 Å². The van der Waals surface area contributed by atoms with Gasteiger partial charge in [0, 0.05) is 30.9 Å². The minimum Gasteiger partial charge on any atom is -0.306 e. The van der Waals surface area contributed by atoms with Crippen LogP contribution in [0.4, 0.5) is 0 Å². The highest BCUT2D eigenvalue weighted by Crippen LogP contribution is 2.29. The standard InChI is InChI=1S/C13H16BrN3S/c1-17-12-4-2-3-11(10(12)7-16-17)15-6-9-5-13(14)18-8-9/h5,7-8,11,15H,2-4,6H2,1H3/t11-/m1/s1. The van der Waals surface area contributed by atoms with E-state index in [9.17, 15) is 0 Å². The quantitative estimate of drug-likeness (QED) is 0.937. The zero-order valence-electron chi connectivity index (χ0n) is 10.3. The molecule has 1 N–H and O–H groups in total. The molecule has 0 amide bonds. The maximum absolute atomic E-state index is 4.38. The summed E-state index contributed by atoms with van der Waals surface area (Å²) >= 11 is 5.25. The number of rotatable bonds is 3.